The average Bonchev–Trinajstić information content (AvgIpc) is 3.32. The van der Waals surface area contributed by atoms with E-state index in [0.29, 0.717) is 23.2 Å². The van der Waals surface area contributed by atoms with Gasteiger partial charge in [-0.15, -0.1) is 0 Å². The fourth-order valence-corrected chi connectivity index (χ4v) is 8.04. The van der Waals surface area contributed by atoms with Crippen molar-refractivity contribution in [3.8, 4) is 5.75 Å². The van der Waals surface area contributed by atoms with Crippen LogP contribution in [0.15, 0.2) is 41.3 Å². The summed E-state index contributed by atoms with van der Waals surface area (Å²) in [6, 6.07) is 8.25. The van der Waals surface area contributed by atoms with Gasteiger partial charge < -0.3 is 19.7 Å². The Labute approximate surface area is 289 Å². The largest absolute Gasteiger partial charge is 0.453 e. The van der Waals surface area contributed by atoms with Crippen LogP contribution in [0.4, 0.5) is 14.6 Å². The molecule has 2 aliphatic heterocycles. The molecule has 0 saturated carbocycles. The van der Waals surface area contributed by atoms with E-state index in [9.17, 15) is 14.2 Å². The lowest BCUT2D eigenvalue weighted by atomic mass is 10.0. The summed E-state index contributed by atoms with van der Waals surface area (Å²) in [4.78, 5) is 28.8. The predicted molar refractivity (Wildman–Crippen MR) is 185 cm³/mol. The second-order valence-corrected chi connectivity index (χ2v) is 15.4. The molecule has 0 bridgehead atoms. The number of fused-ring (bicyclic) bond motifs is 1. The van der Waals surface area contributed by atoms with Gasteiger partial charge in [0.25, 0.3) is 0 Å². The Bertz CT molecular complexity index is 1420. The second-order valence-electron chi connectivity index (χ2n) is 13.3. The van der Waals surface area contributed by atoms with E-state index in [4.69, 9.17) is 24.3 Å². The number of anilines is 1. The fraction of sp³-hybridized carbons (Fsp3) is 0.694. The molecular weight excluding hydrogens is 655 g/mol. The van der Waals surface area contributed by atoms with Crippen molar-refractivity contribution < 1.29 is 36.7 Å². The number of aromatic nitrogens is 2. The van der Waals surface area contributed by atoms with Crippen LogP contribution in [0.2, 0.25) is 0 Å². The SMILES string of the molecule is CCCCCCCCCCCCCCCCCCC(=O)O[C@@H]1[C@@H](COP2(=O)CCc3ccccc3O2)O[C@@H](n2ccc(N)nc2=O)C1(F)F. The molecule has 1 aromatic heterocycles. The number of unbranched alkanes of at least 4 members (excludes halogenated alkanes) is 15. The zero-order valence-electron chi connectivity index (χ0n) is 28.9. The molecule has 2 aromatic rings. The maximum Gasteiger partial charge on any atom is 0.379 e. The predicted octanol–water partition coefficient (Wildman–Crippen LogP) is 8.77. The summed E-state index contributed by atoms with van der Waals surface area (Å²) in [7, 11) is -3.72. The molecule has 0 spiro atoms. The number of esters is 1. The van der Waals surface area contributed by atoms with Gasteiger partial charge in [-0.1, -0.05) is 121 Å². The smallest absolute Gasteiger partial charge is 0.379 e. The van der Waals surface area contributed by atoms with Crippen LogP contribution in [0.1, 0.15) is 128 Å². The minimum absolute atomic E-state index is 0.0367. The van der Waals surface area contributed by atoms with Gasteiger partial charge >= 0.3 is 25.2 Å². The van der Waals surface area contributed by atoms with Gasteiger partial charge in [-0.05, 0) is 30.5 Å². The Kier molecular flexibility index (Phi) is 15.5. The zero-order chi connectivity index (χ0) is 35.1. The van der Waals surface area contributed by atoms with Crippen LogP contribution in [0.3, 0.4) is 0 Å². The van der Waals surface area contributed by atoms with Crippen LogP contribution in [-0.4, -0.2) is 46.4 Å². The molecule has 2 N–H and O–H groups in total. The number of benzene rings is 1. The van der Waals surface area contributed by atoms with Gasteiger partial charge in [0, 0.05) is 12.6 Å². The van der Waals surface area contributed by atoms with E-state index in [2.05, 4.69) is 11.9 Å². The number of carbonyl (C=O) groups excluding carboxylic acids is 1. The highest BCUT2D eigenvalue weighted by atomic mass is 31.2. The lowest BCUT2D eigenvalue weighted by molar-refractivity contribution is -0.176. The maximum absolute atomic E-state index is 15.9. The first kappa shape index (κ1) is 39.0. The van der Waals surface area contributed by atoms with E-state index >= 15 is 8.78 Å². The third-order valence-electron chi connectivity index (χ3n) is 9.25. The number of nitrogens with zero attached hydrogens (tertiary/aromatic N) is 2. The van der Waals surface area contributed by atoms with Crippen molar-refractivity contribution in [1.29, 1.82) is 0 Å². The Morgan fingerprint density at radius 2 is 1.55 bits per heavy atom. The van der Waals surface area contributed by atoms with Crippen molar-refractivity contribution in [2.45, 2.75) is 147 Å². The Hall–Kier alpha value is -2.82. The Morgan fingerprint density at radius 1 is 0.959 bits per heavy atom. The summed E-state index contributed by atoms with van der Waals surface area (Å²) in [6.07, 6.45) is 14.6. The van der Waals surface area contributed by atoms with Crippen molar-refractivity contribution in [2.75, 3.05) is 18.5 Å². The van der Waals surface area contributed by atoms with E-state index in [-0.39, 0.29) is 18.4 Å². The van der Waals surface area contributed by atoms with E-state index in [1.54, 1.807) is 12.1 Å². The summed E-state index contributed by atoms with van der Waals surface area (Å²) in [6.45, 7) is 1.63. The fourth-order valence-electron chi connectivity index (χ4n) is 6.40. The molecular formula is C36H54F2N3O7P. The quantitative estimate of drug-likeness (QED) is 0.0724. The highest BCUT2D eigenvalue weighted by Gasteiger charge is 2.62. The summed E-state index contributed by atoms with van der Waals surface area (Å²) >= 11 is 0. The van der Waals surface area contributed by atoms with E-state index in [1.807, 2.05) is 12.1 Å². The number of ether oxygens (including phenoxy) is 2. The van der Waals surface area contributed by atoms with Crippen LogP contribution in [0.5, 0.6) is 5.75 Å². The van der Waals surface area contributed by atoms with Crippen molar-refractivity contribution in [1.82, 2.24) is 9.55 Å². The molecule has 0 amide bonds. The van der Waals surface area contributed by atoms with Crippen LogP contribution >= 0.6 is 7.60 Å². The number of aryl methyl sites for hydroxylation is 1. The molecule has 4 atom stereocenters. The van der Waals surface area contributed by atoms with Crippen LogP contribution < -0.4 is 15.9 Å². The summed E-state index contributed by atoms with van der Waals surface area (Å²) in [5, 5.41) is 0. The van der Waals surface area contributed by atoms with Gasteiger partial charge in [-0.2, -0.15) is 13.8 Å². The number of rotatable bonds is 22. The van der Waals surface area contributed by atoms with E-state index < -0.39 is 50.2 Å². The number of para-hydroxylation sites is 1. The molecule has 1 aromatic carbocycles. The number of hydrogen-bond donors (Lipinski definition) is 1. The van der Waals surface area contributed by atoms with Crippen LogP contribution in [0.25, 0.3) is 0 Å². The molecule has 0 radical (unpaired) electrons. The number of nitrogens with two attached hydrogens (primary N) is 1. The molecule has 1 fully saturated rings. The van der Waals surface area contributed by atoms with Gasteiger partial charge in [0.05, 0.1) is 12.8 Å². The summed E-state index contributed by atoms with van der Waals surface area (Å²) in [5.74, 6) is -4.39. The second kappa shape index (κ2) is 19.5. The summed E-state index contributed by atoms with van der Waals surface area (Å²) in [5.41, 5.74) is 5.35. The molecule has 0 aliphatic carbocycles. The molecule has 10 nitrogen and oxygen atoms in total. The Morgan fingerprint density at radius 3 is 2.16 bits per heavy atom. The molecule has 274 valence electrons. The monoisotopic (exact) mass is 709 g/mol. The van der Waals surface area contributed by atoms with Crippen LogP contribution in [-0.2, 0) is 29.8 Å². The van der Waals surface area contributed by atoms with Gasteiger partial charge in [0.1, 0.15) is 17.7 Å². The summed E-state index contributed by atoms with van der Waals surface area (Å²) < 4.78 is 67.9. The normalized spacial score (nSPS) is 22.8. The number of carbonyl (C=O) groups is 1. The minimum Gasteiger partial charge on any atom is -0.453 e. The molecule has 1 unspecified atom stereocenters. The molecule has 1 saturated heterocycles. The number of alkyl halides is 2. The molecule has 49 heavy (non-hydrogen) atoms. The zero-order valence-corrected chi connectivity index (χ0v) is 29.8. The first-order valence-corrected chi connectivity index (χ1v) is 19.9. The third kappa shape index (κ3) is 11.9. The maximum atomic E-state index is 15.9. The Balaban J connectivity index is 1.21. The number of halogens is 2. The highest BCUT2D eigenvalue weighted by molar-refractivity contribution is 7.54. The highest BCUT2D eigenvalue weighted by Crippen LogP contribution is 2.54. The van der Waals surface area contributed by atoms with Crippen molar-refractivity contribution in [3.63, 3.8) is 0 Å². The number of nitrogen functional groups attached to an aromatic ring is 1. The average molecular weight is 710 g/mol. The first-order chi connectivity index (χ1) is 23.6. The van der Waals surface area contributed by atoms with Crippen molar-refractivity contribution in [3.05, 3.63) is 52.6 Å². The molecule has 2 aliphatic rings. The molecule has 4 rings (SSSR count). The molecule has 3 heterocycles. The molecule has 13 heteroatoms. The lowest BCUT2D eigenvalue weighted by Gasteiger charge is -2.27. The minimum atomic E-state index is -3.84. The van der Waals surface area contributed by atoms with Gasteiger partial charge in [-0.25, -0.2) is 9.36 Å². The van der Waals surface area contributed by atoms with E-state index in [1.165, 1.54) is 76.7 Å². The third-order valence-corrected chi connectivity index (χ3v) is 11.0. The van der Waals surface area contributed by atoms with Crippen molar-refractivity contribution >= 4 is 19.4 Å². The van der Waals surface area contributed by atoms with Crippen LogP contribution in [0, 0.1) is 0 Å². The number of hydrogen-bond acceptors (Lipinski definition) is 9. The lowest BCUT2D eigenvalue weighted by Crippen LogP contribution is -2.44. The van der Waals surface area contributed by atoms with Crippen molar-refractivity contribution in [2.24, 2.45) is 0 Å². The topological polar surface area (TPSA) is 132 Å². The van der Waals surface area contributed by atoms with Gasteiger partial charge in [-0.3, -0.25) is 13.9 Å². The van der Waals surface area contributed by atoms with E-state index in [0.717, 1.165) is 37.4 Å². The van der Waals surface area contributed by atoms with Gasteiger partial charge in [0.2, 0.25) is 6.23 Å². The van der Waals surface area contributed by atoms with Gasteiger partial charge in [0.15, 0.2) is 6.10 Å². The standard InChI is InChI=1S/C36H54F2N3O7P/c1-2-3-4-5-6-7-8-9-10-11-12-13-14-15-16-17-22-32(42)47-33-30(27-45-49(44)26-24-28-20-18-19-21-29(28)48-49)46-34(36(33,37)38)41-25-23-31(39)40-35(41)43/h18-21,23,25,30,33-34H,2-17,22,24,26-27H2,1H3,(H2,39,40,43)/t30-,33-,34-,49?/m1/s1. The first-order valence-electron chi connectivity index (χ1n) is 18.2.